The molecule has 0 atom stereocenters. The summed E-state index contributed by atoms with van der Waals surface area (Å²) in [7, 11) is 0. The van der Waals surface area contributed by atoms with Crippen molar-refractivity contribution in [3.63, 3.8) is 0 Å². The summed E-state index contributed by atoms with van der Waals surface area (Å²) in [4.78, 5) is 0. The molecule has 10 heavy (non-hydrogen) atoms. The maximum atomic E-state index is 8.76. The molecule has 50 valence electrons. The van der Waals surface area contributed by atoms with Crippen molar-refractivity contribution in [2.75, 3.05) is 0 Å². The Morgan fingerprint density at radius 1 is 1.30 bits per heavy atom. The van der Waals surface area contributed by atoms with Crippen molar-refractivity contribution < 1.29 is 0 Å². The molecular weight excluding hydrogens is 124 g/mol. The molecule has 1 heterocycles. The summed E-state index contributed by atoms with van der Waals surface area (Å²) in [5.41, 5.74) is -0.163. The first-order chi connectivity index (χ1) is 4.87. The summed E-state index contributed by atoms with van der Waals surface area (Å²) in [6.45, 7) is 0. The second kappa shape index (κ2) is 1.63. The fourth-order valence-electron chi connectivity index (χ4n) is 1.17. The molecule has 2 nitrogen and oxygen atoms in total. The van der Waals surface area contributed by atoms with Gasteiger partial charge in [-0.25, -0.2) is 0 Å². The van der Waals surface area contributed by atoms with Gasteiger partial charge in [-0.1, -0.05) is 0 Å². The van der Waals surface area contributed by atoms with E-state index < -0.39 is 0 Å². The van der Waals surface area contributed by atoms with Crippen LogP contribution in [0.3, 0.4) is 0 Å². The monoisotopic (exact) mass is 132 g/mol. The number of rotatable bonds is 1. The molecule has 1 aliphatic carbocycles. The minimum Gasteiger partial charge on any atom is -0.335 e. The van der Waals surface area contributed by atoms with E-state index in [0.29, 0.717) is 0 Å². The Balaban J connectivity index is 2.38. The lowest BCUT2D eigenvalue weighted by atomic mass is 10.3. The molecule has 0 bridgehead atoms. The zero-order chi connectivity index (χ0) is 7.03. The fraction of sp³-hybridized carbons (Fsp3) is 0.375. The zero-order valence-electron chi connectivity index (χ0n) is 5.62. The van der Waals surface area contributed by atoms with Gasteiger partial charge in [0, 0.05) is 12.4 Å². The number of hydrogen-bond acceptors (Lipinski definition) is 1. The first kappa shape index (κ1) is 5.55. The van der Waals surface area contributed by atoms with Crippen LogP contribution in [0.4, 0.5) is 0 Å². The second-order valence-corrected chi connectivity index (χ2v) is 2.73. The highest BCUT2D eigenvalue weighted by Crippen LogP contribution is 2.42. The van der Waals surface area contributed by atoms with Gasteiger partial charge in [0.1, 0.15) is 5.54 Å². The first-order valence-corrected chi connectivity index (χ1v) is 3.42. The average molecular weight is 132 g/mol. The second-order valence-electron chi connectivity index (χ2n) is 2.73. The molecule has 0 radical (unpaired) electrons. The Kier molecular flexibility index (Phi) is 0.906. The third kappa shape index (κ3) is 0.577. The molecule has 0 amide bonds. The lowest BCUT2D eigenvalue weighted by Gasteiger charge is -2.05. The summed E-state index contributed by atoms with van der Waals surface area (Å²) in [5.74, 6) is 0. The van der Waals surface area contributed by atoms with Gasteiger partial charge in [-0.2, -0.15) is 5.26 Å². The van der Waals surface area contributed by atoms with Crippen LogP contribution in [0.25, 0.3) is 0 Å². The quantitative estimate of drug-likeness (QED) is 0.569. The Bertz CT molecular complexity index is 262. The SMILES string of the molecule is N#CC1(n2cccc2)CC1. The normalized spacial score (nSPS) is 19.9. The lowest BCUT2D eigenvalue weighted by molar-refractivity contribution is 0.613. The van der Waals surface area contributed by atoms with Crippen LogP contribution in [-0.2, 0) is 5.54 Å². The number of aromatic nitrogens is 1. The van der Waals surface area contributed by atoms with E-state index in [-0.39, 0.29) is 5.54 Å². The van der Waals surface area contributed by atoms with Gasteiger partial charge in [0.25, 0.3) is 0 Å². The summed E-state index contributed by atoms with van der Waals surface area (Å²) >= 11 is 0. The van der Waals surface area contributed by atoms with E-state index >= 15 is 0 Å². The zero-order valence-corrected chi connectivity index (χ0v) is 5.62. The van der Waals surface area contributed by atoms with Gasteiger partial charge < -0.3 is 4.57 Å². The highest BCUT2D eigenvalue weighted by atomic mass is 15.1. The van der Waals surface area contributed by atoms with E-state index in [1.807, 2.05) is 29.1 Å². The topological polar surface area (TPSA) is 28.7 Å². The predicted octanol–water partition coefficient (Wildman–Crippen LogP) is 1.50. The Morgan fingerprint density at radius 2 is 1.90 bits per heavy atom. The van der Waals surface area contributed by atoms with Crippen LogP contribution in [-0.4, -0.2) is 4.57 Å². The molecule has 0 spiro atoms. The number of nitrogens with zero attached hydrogens (tertiary/aromatic N) is 2. The summed E-state index contributed by atoms with van der Waals surface area (Å²) in [6, 6.07) is 6.23. The molecule has 0 saturated heterocycles. The van der Waals surface area contributed by atoms with Gasteiger partial charge in [-0.15, -0.1) is 0 Å². The first-order valence-electron chi connectivity index (χ1n) is 3.42. The van der Waals surface area contributed by atoms with Crippen LogP contribution in [0.1, 0.15) is 12.8 Å². The Labute approximate surface area is 59.7 Å². The maximum absolute atomic E-state index is 8.76. The van der Waals surface area contributed by atoms with Gasteiger partial charge in [0.15, 0.2) is 0 Å². The minimum absolute atomic E-state index is 0.163. The third-order valence-corrected chi connectivity index (χ3v) is 2.03. The van der Waals surface area contributed by atoms with E-state index in [2.05, 4.69) is 6.07 Å². The van der Waals surface area contributed by atoms with E-state index in [1.165, 1.54) is 0 Å². The van der Waals surface area contributed by atoms with Crippen molar-refractivity contribution in [1.29, 1.82) is 5.26 Å². The van der Waals surface area contributed by atoms with Crippen LogP contribution < -0.4 is 0 Å². The summed E-state index contributed by atoms with van der Waals surface area (Å²) in [6.07, 6.45) is 5.93. The van der Waals surface area contributed by atoms with Gasteiger partial charge in [0.2, 0.25) is 0 Å². The maximum Gasteiger partial charge on any atom is 0.131 e. The van der Waals surface area contributed by atoms with Crippen molar-refractivity contribution in [1.82, 2.24) is 4.57 Å². The van der Waals surface area contributed by atoms with E-state index in [0.717, 1.165) is 12.8 Å². The highest BCUT2D eigenvalue weighted by molar-refractivity contribution is 5.17. The van der Waals surface area contributed by atoms with E-state index in [1.54, 1.807) is 0 Å². The van der Waals surface area contributed by atoms with Crippen LogP contribution >= 0.6 is 0 Å². The Morgan fingerprint density at radius 3 is 2.30 bits per heavy atom. The number of hydrogen-bond donors (Lipinski definition) is 0. The molecule has 1 aromatic rings. The van der Waals surface area contributed by atoms with Crippen LogP contribution in [0.2, 0.25) is 0 Å². The van der Waals surface area contributed by atoms with Gasteiger partial charge >= 0.3 is 0 Å². The smallest absolute Gasteiger partial charge is 0.131 e. The molecule has 0 aromatic carbocycles. The van der Waals surface area contributed by atoms with E-state index in [9.17, 15) is 0 Å². The van der Waals surface area contributed by atoms with Crippen molar-refractivity contribution in [3.05, 3.63) is 24.5 Å². The predicted molar refractivity (Wildman–Crippen MR) is 37.3 cm³/mol. The van der Waals surface area contributed by atoms with Crippen LogP contribution in [0.5, 0.6) is 0 Å². The van der Waals surface area contributed by atoms with Crippen molar-refractivity contribution >= 4 is 0 Å². The molecule has 1 aromatic heterocycles. The van der Waals surface area contributed by atoms with Crippen LogP contribution in [0.15, 0.2) is 24.5 Å². The summed E-state index contributed by atoms with van der Waals surface area (Å²) < 4.78 is 1.99. The van der Waals surface area contributed by atoms with Crippen molar-refractivity contribution in [3.8, 4) is 6.07 Å². The minimum atomic E-state index is -0.163. The largest absolute Gasteiger partial charge is 0.335 e. The third-order valence-electron chi connectivity index (χ3n) is 2.03. The molecule has 0 aliphatic heterocycles. The molecule has 2 rings (SSSR count). The molecular formula is C8H8N2. The Hall–Kier alpha value is -1.23. The summed E-state index contributed by atoms with van der Waals surface area (Å²) in [5, 5.41) is 8.76. The molecule has 1 fully saturated rings. The van der Waals surface area contributed by atoms with Gasteiger partial charge in [-0.3, -0.25) is 0 Å². The molecule has 2 heteroatoms. The number of nitriles is 1. The van der Waals surface area contributed by atoms with Gasteiger partial charge in [-0.05, 0) is 25.0 Å². The average Bonchev–Trinajstić information content (AvgIpc) is 2.58. The molecule has 1 saturated carbocycles. The standard InChI is InChI=1S/C8H8N2/c9-7-8(3-4-8)10-5-1-2-6-10/h1-2,5-6H,3-4H2. The molecule has 0 N–H and O–H groups in total. The van der Waals surface area contributed by atoms with E-state index in [4.69, 9.17) is 5.26 Å². The van der Waals surface area contributed by atoms with Gasteiger partial charge in [0.05, 0.1) is 6.07 Å². The molecule has 0 unspecified atom stereocenters. The molecule has 1 aliphatic rings. The fourth-order valence-corrected chi connectivity index (χ4v) is 1.17. The lowest BCUT2D eigenvalue weighted by Crippen LogP contribution is -2.11. The van der Waals surface area contributed by atoms with Crippen LogP contribution in [0, 0.1) is 11.3 Å². The van der Waals surface area contributed by atoms with Crippen molar-refractivity contribution in [2.24, 2.45) is 0 Å². The van der Waals surface area contributed by atoms with Crippen molar-refractivity contribution in [2.45, 2.75) is 18.4 Å². The highest BCUT2D eigenvalue weighted by Gasteiger charge is 2.44.